The molecule has 0 aliphatic carbocycles. The Hall–Kier alpha value is -3.05. The Bertz CT molecular complexity index is 1220. The number of benzene rings is 2. The number of methoxy groups -OCH3 is 1. The number of fused-ring (bicyclic) bond motifs is 1. The third-order valence-electron chi connectivity index (χ3n) is 7.31. The summed E-state index contributed by atoms with van der Waals surface area (Å²) < 4.78 is 33.1. The van der Waals surface area contributed by atoms with Crippen LogP contribution in [0, 0.1) is 0 Å². The number of hydrogen-bond donors (Lipinski definition) is 7. The summed E-state index contributed by atoms with van der Waals surface area (Å²) in [6.07, 6.45) is -14.0. The number of phenolic OH excluding ortho intramolecular Hbond substituents is 1. The molecule has 0 bridgehead atoms. The number of ketones is 1. The first-order valence-electron chi connectivity index (χ1n) is 12.9. The van der Waals surface area contributed by atoms with Gasteiger partial charge in [0.2, 0.25) is 6.29 Å². The number of Topliss-reactive ketones (excluding diaryl/α,β-unsaturated/α-hetero) is 1. The quantitative estimate of drug-likeness (QED) is 0.194. The topological polar surface area (TPSA) is 214 Å². The molecule has 3 heterocycles. The molecule has 14 nitrogen and oxygen atoms in total. The van der Waals surface area contributed by atoms with E-state index in [0.29, 0.717) is 11.3 Å². The summed E-state index contributed by atoms with van der Waals surface area (Å²) in [6.45, 7) is -1.03. The van der Waals surface area contributed by atoms with E-state index in [-0.39, 0.29) is 29.3 Å². The fourth-order valence-electron chi connectivity index (χ4n) is 4.97. The molecule has 0 amide bonds. The average molecular weight is 581 g/mol. The van der Waals surface area contributed by atoms with E-state index in [1.807, 2.05) is 0 Å². The lowest BCUT2D eigenvalue weighted by molar-refractivity contribution is -0.290. The lowest BCUT2D eigenvalue weighted by Crippen LogP contribution is -2.60. The fourth-order valence-corrected chi connectivity index (χ4v) is 4.97. The second-order valence-corrected chi connectivity index (χ2v) is 10.00. The van der Waals surface area contributed by atoms with Crippen LogP contribution in [0.4, 0.5) is 0 Å². The second-order valence-electron chi connectivity index (χ2n) is 10.00. The summed E-state index contributed by atoms with van der Waals surface area (Å²) in [5.41, 5.74) is 0.670. The van der Waals surface area contributed by atoms with Gasteiger partial charge in [-0.1, -0.05) is 12.1 Å². The standard InChI is InChI=1S/C27H32O14/c1-36-12-4-2-11(3-5-12)16-8-15(30)20-14(29)6-13(7-17(20)39-16)38-27-25(35)23(33)22(32)19(41-27)10-37-26-24(34)21(31)18(9-28)40-26/h2-7,16,18-19,21-29,31-35H,8-10H2,1H3. The van der Waals surface area contributed by atoms with Crippen molar-refractivity contribution in [2.75, 3.05) is 20.3 Å². The lowest BCUT2D eigenvalue weighted by atomic mass is 9.95. The van der Waals surface area contributed by atoms with Gasteiger partial charge in [-0.05, 0) is 17.7 Å². The van der Waals surface area contributed by atoms with Crippen LogP contribution >= 0.6 is 0 Å². The number of aliphatic hydroxyl groups is 6. The van der Waals surface area contributed by atoms with Gasteiger partial charge >= 0.3 is 0 Å². The van der Waals surface area contributed by atoms with Crippen molar-refractivity contribution in [1.29, 1.82) is 0 Å². The molecule has 2 fully saturated rings. The fraction of sp³-hybridized carbons (Fsp3) is 0.519. The van der Waals surface area contributed by atoms with E-state index in [4.69, 9.17) is 28.4 Å². The average Bonchev–Trinajstić information content (AvgIpc) is 3.24. The molecule has 10 unspecified atom stereocenters. The number of hydrogen-bond acceptors (Lipinski definition) is 14. The van der Waals surface area contributed by atoms with Gasteiger partial charge < -0.3 is 64.2 Å². The highest BCUT2D eigenvalue weighted by Gasteiger charge is 2.47. The minimum Gasteiger partial charge on any atom is -0.507 e. The smallest absolute Gasteiger partial charge is 0.229 e. The van der Waals surface area contributed by atoms with Crippen LogP contribution in [0.5, 0.6) is 23.0 Å². The largest absolute Gasteiger partial charge is 0.507 e. The Labute approximate surface area is 233 Å². The van der Waals surface area contributed by atoms with E-state index in [9.17, 15) is 40.5 Å². The van der Waals surface area contributed by atoms with Gasteiger partial charge in [-0.2, -0.15) is 0 Å². The molecule has 3 aliphatic rings. The third-order valence-corrected chi connectivity index (χ3v) is 7.31. The molecule has 7 N–H and O–H groups in total. The van der Waals surface area contributed by atoms with Gasteiger partial charge in [-0.25, -0.2) is 0 Å². The van der Waals surface area contributed by atoms with Gasteiger partial charge in [0.15, 0.2) is 12.1 Å². The molecule has 0 saturated carbocycles. The van der Waals surface area contributed by atoms with E-state index in [1.165, 1.54) is 13.2 Å². The molecule has 3 aliphatic heterocycles. The number of aromatic hydroxyl groups is 1. The molecule has 2 aromatic rings. The highest BCUT2D eigenvalue weighted by Crippen LogP contribution is 2.42. The Kier molecular flexibility index (Phi) is 8.65. The Morgan fingerprint density at radius 2 is 1.51 bits per heavy atom. The van der Waals surface area contributed by atoms with E-state index in [1.54, 1.807) is 24.3 Å². The predicted molar refractivity (Wildman–Crippen MR) is 134 cm³/mol. The molecule has 14 heteroatoms. The molecule has 2 aromatic carbocycles. The van der Waals surface area contributed by atoms with E-state index in [2.05, 4.69) is 0 Å². The Morgan fingerprint density at radius 1 is 0.854 bits per heavy atom. The SMILES string of the molecule is COc1ccc(C2CC(=O)c3c(O)cc(OC4OC(COC5OC(CO)C(O)C5O)C(O)C(O)C4O)cc3O2)cc1. The maximum absolute atomic E-state index is 12.8. The zero-order valence-electron chi connectivity index (χ0n) is 21.8. The van der Waals surface area contributed by atoms with Crippen LogP contribution < -0.4 is 14.2 Å². The van der Waals surface area contributed by atoms with Gasteiger partial charge in [-0.3, -0.25) is 4.79 Å². The van der Waals surface area contributed by atoms with Crippen molar-refractivity contribution >= 4 is 5.78 Å². The number of carbonyl (C=O) groups is 1. The summed E-state index contributed by atoms with van der Waals surface area (Å²) in [4.78, 5) is 12.8. The summed E-state index contributed by atoms with van der Waals surface area (Å²) in [6, 6.07) is 9.42. The molecule has 5 rings (SSSR count). The highest BCUT2D eigenvalue weighted by molar-refractivity contribution is 6.02. The van der Waals surface area contributed by atoms with Crippen LogP contribution in [0.25, 0.3) is 0 Å². The van der Waals surface area contributed by atoms with Gasteiger partial charge in [0.25, 0.3) is 0 Å². The molecular weight excluding hydrogens is 548 g/mol. The molecule has 0 radical (unpaired) electrons. The first-order chi connectivity index (χ1) is 19.6. The predicted octanol–water partition coefficient (Wildman–Crippen LogP) is -1.25. The number of carbonyl (C=O) groups excluding carboxylic acids is 1. The van der Waals surface area contributed by atoms with Crippen molar-refractivity contribution in [3.05, 3.63) is 47.5 Å². The summed E-state index contributed by atoms with van der Waals surface area (Å²) in [5, 5.41) is 71.1. The minimum absolute atomic E-state index is 0.0151. The zero-order valence-corrected chi connectivity index (χ0v) is 21.8. The van der Waals surface area contributed by atoms with Crippen molar-refractivity contribution < 1.29 is 69.0 Å². The van der Waals surface area contributed by atoms with Crippen LogP contribution in [0.15, 0.2) is 36.4 Å². The summed E-state index contributed by atoms with van der Waals surface area (Å²) >= 11 is 0. The number of phenols is 1. The van der Waals surface area contributed by atoms with Gasteiger partial charge in [0.05, 0.1) is 26.7 Å². The summed E-state index contributed by atoms with van der Waals surface area (Å²) in [5.74, 6) is -0.186. The van der Waals surface area contributed by atoms with Crippen molar-refractivity contribution in [2.24, 2.45) is 0 Å². The minimum atomic E-state index is -1.74. The number of ether oxygens (including phenoxy) is 6. The van der Waals surface area contributed by atoms with Crippen molar-refractivity contribution in [3.63, 3.8) is 0 Å². The molecular formula is C27H32O14. The normalized spacial score (nSPS) is 35.0. The van der Waals surface area contributed by atoms with Gasteiger partial charge in [0.1, 0.15) is 77.4 Å². The Balaban J connectivity index is 1.29. The number of rotatable bonds is 8. The molecule has 10 atom stereocenters. The molecule has 0 aromatic heterocycles. The Morgan fingerprint density at radius 3 is 2.17 bits per heavy atom. The second kappa shape index (κ2) is 12.1. The van der Waals surface area contributed by atoms with Gasteiger partial charge in [-0.15, -0.1) is 0 Å². The van der Waals surface area contributed by atoms with E-state index < -0.39 is 80.4 Å². The van der Waals surface area contributed by atoms with E-state index in [0.717, 1.165) is 6.07 Å². The zero-order chi connectivity index (χ0) is 29.4. The molecule has 41 heavy (non-hydrogen) atoms. The van der Waals surface area contributed by atoms with Crippen LogP contribution in [-0.2, 0) is 14.2 Å². The number of aliphatic hydroxyl groups excluding tert-OH is 6. The maximum Gasteiger partial charge on any atom is 0.229 e. The molecule has 0 spiro atoms. The summed E-state index contributed by atoms with van der Waals surface area (Å²) in [7, 11) is 1.53. The highest BCUT2D eigenvalue weighted by atomic mass is 16.7. The van der Waals surface area contributed by atoms with Gasteiger partial charge in [0, 0.05) is 12.1 Å². The van der Waals surface area contributed by atoms with Crippen molar-refractivity contribution in [2.45, 2.75) is 67.8 Å². The van der Waals surface area contributed by atoms with E-state index >= 15 is 0 Å². The van der Waals surface area contributed by atoms with Crippen molar-refractivity contribution in [1.82, 2.24) is 0 Å². The van der Waals surface area contributed by atoms with Crippen LogP contribution in [-0.4, -0.2) is 117 Å². The first kappa shape index (κ1) is 29.4. The molecule has 224 valence electrons. The third kappa shape index (κ3) is 5.83. The van der Waals surface area contributed by atoms with Crippen LogP contribution in [0.1, 0.15) is 28.4 Å². The first-order valence-corrected chi connectivity index (χ1v) is 12.9. The lowest BCUT2D eigenvalue weighted by Gasteiger charge is -2.40. The maximum atomic E-state index is 12.8. The van der Waals surface area contributed by atoms with Crippen LogP contribution in [0.3, 0.4) is 0 Å². The van der Waals surface area contributed by atoms with Crippen LogP contribution in [0.2, 0.25) is 0 Å². The molecule has 2 saturated heterocycles. The van der Waals surface area contributed by atoms with Crippen molar-refractivity contribution in [3.8, 4) is 23.0 Å². The monoisotopic (exact) mass is 580 g/mol.